The Hall–Kier alpha value is -0.440. The van der Waals surface area contributed by atoms with E-state index in [1.807, 2.05) is 0 Å². The Balaban J connectivity index is 2.95. The van der Waals surface area contributed by atoms with E-state index in [0.717, 1.165) is 6.42 Å². The largest absolute Gasteiger partial charge is 0.0891 e. The van der Waals surface area contributed by atoms with Crippen LogP contribution in [0.4, 0.5) is 0 Å². The molecule has 0 saturated carbocycles. The van der Waals surface area contributed by atoms with Crippen LogP contribution in [0, 0.1) is 12.3 Å². The third-order valence-corrected chi connectivity index (χ3v) is 5.41. The number of hydrogen-bond acceptors (Lipinski definition) is 0. The van der Waals surface area contributed by atoms with Gasteiger partial charge < -0.3 is 0 Å². The molecule has 0 rings (SSSR count). The second-order valence-corrected chi connectivity index (χ2v) is 8.00. The highest BCUT2D eigenvalue weighted by molar-refractivity contribution is 4.74. The van der Waals surface area contributed by atoms with Crippen LogP contribution in [0.1, 0.15) is 148 Å². The van der Waals surface area contributed by atoms with Gasteiger partial charge in [-0.3, -0.25) is 0 Å². The van der Waals surface area contributed by atoms with E-state index in [4.69, 9.17) is 6.42 Å². The summed E-state index contributed by atoms with van der Waals surface area (Å²) in [6.45, 7) is 2.30. The van der Waals surface area contributed by atoms with Gasteiger partial charge in [0.2, 0.25) is 0 Å². The quantitative estimate of drug-likeness (QED) is 0.143. The summed E-state index contributed by atoms with van der Waals surface area (Å²) >= 11 is 0. The van der Waals surface area contributed by atoms with Gasteiger partial charge in [0.25, 0.3) is 0 Å². The maximum atomic E-state index is 6.87. The molecule has 0 atom stereocenters. The maximum Gasteiger partial charge on any atom is 0.00989 e. The highest BCUT2D eigenvalue weighted by Crippen LogP contribution is 2.15. The molecule has 147 valence electrons. The molecule has 0 aliphatic heterocycles. The zero-order valence-electron chi connectivity index (χ0n) is 17.6. The summed E-state index contributed by atoms with van der Waals surface area (Å²) in [5, 5.41) is 0. The Bertz CT molecular complexity index is 260. The van der Waals surface area contributed by atoms with Crippen molar-refractivity contribution in [3.8, 4) is 5.92 Å². The Kier molecular flexibility index (Phi) is 23.1. The third kappa shape index (κ3) is 23.6. The normalized spacial score (nSPS) is 10.9. The predicted molar refractivity (Wildman–Crippen MR) is 114 cm³/mol. The van der Waals surface area contributed by atoms with Gasteiger partial charge in [-0.15, -0.1) is 0 Å². The molecule has 0 aromatic heterocycles. The van der Waals surface area contributed by atoms with Gasteiger partial charge in [-0.25, -0.2) is 0 Å². The molecule has 0 unspecified atom stereocenters. The zero-order chi connectivity index (χ0) is 18.3. The summed E-state index contributed by atoms with van der Waals surface area (Å²) in [5.74, 6) is 2.48. The van der Waals surface area contributed by atoms with Gasteiger partial charge in [0.15, 0.2) is 0 Å². The SMILES string of the molecule is [C]#CCCCCCCCCCCCCCCCCCCCCCCC. The molecule has 0 spiro atoms. The van der Waals surface area contributed by atoms with E-state index in [-0.39, 0.29) is 0 Å². The van der Waals surface area contributed by atoms with Crippen LogP contribution in [0.3, 0.4) is 0 Å². The lowest BCUT2D eigenvalue weighted by Gasteiger charge is -2.04. The minimum absolute atomic E-state index is 0.860. The van der Waals surface area contributed by atoms with E-state index < -0.39 is 0 Å². The van der Waals surface area contributed by atoms with Crippen LogP contribution in [0.15, 0.2) is 0 Å². The number of unbranched alkanes of at least 4 members (excludes halogenated alkanes) is 21. The first kappa shape index (κ1) is 24.6. The van der Waals surface area contributed by atoms with Crippen LogP contribution < -0.4 is 0 Å². The van der Waals surface area contributed by atoms with Gasteiger partial charge in [0.1, 0.15) is 0 Å². The molecule has 0 aliphatic rings. The van der Waals surface area contributed by atoms with Crippen molar-refractivity contribution in [2.45, 2.75) is 148 Å². The van der Waals surface area contributed by atoms with Gasteiger partial charge in [0.05, 0.1) is 0 Å². The summed E-state index contributed by atoms with van der Waals surface area (Å²) in [6, 6.07) is 0. The fourth-order valence-corrected chi connectivity index (χ4v) is 3.65. The molecule has 0 aromatic carbocycles. The fourth-order valence-electron chi connectivity index (χ4n) is 3.65. The van der Waals surface area contributed by atoms with Crippen molar-refractivity contribution in [2.24, 2.45) is 0 Å². The topological polar surface area (TPSA) is 0 Å². The molecule has 0 saturated heterocycles. The minimum Gasteiger partial charge on any atom is -0.0891 e. The van der Waals surface area contributed by atoms with Gasteiger partial charge in [-0.05, 0) is 12.8 Å². The van der Waals surface area contributed by atoms with Gasteiger partial charge in [0, 0.05) is 6.42 Å². The van der Waals surface area contributed by atoms with Crippen molar-refractivity contribution >= 4 is 0 Å². The molecule has 0 bridgehead atoms. The molecule has 0 heterocycles. The average molecular weight is 348 g/mol. The van der Waals surface area contributed by atoms with E-state index in [1.165, 1.54) is 135 Å². The van der Waals surface area contributed by atoms with Crippen molar-refractivity contribution in [2.75, 3.05) is 0 Å². The minimum atomic E-state index is 0.860. The van der Waals surface area contributed by atoms with Gasteiger partial charge in [-0.2, -0.15) is 0 Å². The summed E-state index contributed by atoms with van der Waals surface area (Å²) < 4.78 is 0. The van der Waals surface area contributed by atoms with Crippen LogP contribution in [-0.4, -0.2) is 0 Å². The van der Waals surface area contributed by atoms with Crippen molar-refractivity contribution in [1.29, 1.82) is 0 Å². The predicted octanol–water partition coefficient (Wildman–Crippen LogP) is 9.18. The average Bonchev–Trinajstić information content (AvgIpc) is 2.63. The Labute approximate surface area is 160 Å². The number of hydrogen-bond donors (Lipinski definition) is 0. The molecule has 0 N–H and O–H groups in total. The van der Waals surface area contributed by atoms with Crippen LogP contribution in [0.25, 0.3) is 0 Å². The lowest BCUT2D eigenvalue weighted by molar-refractivity contribution is 0.520. The third-order valence-electron chi connectivity index (χ3n) is 5.41. The van der Waals surface area contributed by atoms with Crippen molar-refractivity contribution < 1.29 is 0 Å². The monoisotopic (exact) mass is 347 g/mol. The summed E-state index contributed by atoms with van der Waals surface area (Å²) in [7, 11) is 0. The van der Waals surface area contributed by atoms with Gasteiger partial charge >= 0.3 is 0 Å². The summed E-state index contributed by atoms with van der Waals surface area (Å²) in [4.78, 5) is 0. The van der Waals surface area contributed by atoms with Crippen LogP contribution >= 0.6 is 0 Å². The van der Waals surface area contributed by atoms with Gasteiger partial charge in [-0.1, -0.05) is 141 Å². The Morgan fingerprint density at radius 2 is 0.640 bits per heavy atom. The van der Waals surface area contributed by atoms with Crippen molar-refractivity contribution in [3.63, 3.8) is 0 Å². The lowest BCUT2D eigenvalue weighted by Crippen LogP contribution is -1.84. The molecule has 0 aliphatic carbocycles. The first-order valence-electron chi connectivity index (χ1n) is 11.8. The van der Waals surface area contributed by atoms with Crippen LogP contribution in [0.5, 0.6) is 0 Å². The van der Waals surface area contributed by atoms with Crippen molar-refractivity contribution in [3.05, 3.63) is 6.42 Å². The van der Waals surface area contributed by atoms with E-state index in [2.05, 4.69) is 12.8 Å². The summed E-state index contributed by atoms with van der Waals surface area (Å²) in [6.07, 6.45) is 37.7. The van der Waals surface area contributed by atoms with E-state index in [1.54, 1.807) is 0 Å². The molecular weight excluding hydrogens is 300 g/mol. The van der Waals surface area contributed by atoms with E-state index >= 15 is 0 Å². The van der Waals surface area contributed by atoms with Crippen molar-refractivity contribution in [1.82, 2.24) is 0 Å². The van der Waals surface area contributed by atoms with E-state index in [9.17, 15) is 0 Å². The molecule has 0 amide bonds. The molecule has 0 heteroatoms. The highest BCUT2D eigenvalue weighted by Gasteiger charge is 1.95. The lowest BCUT2D eigenvalue weighted by atomic mass is 10.0. The maximum absolute atomic E-state index is 6.87. The Morgan fingerprint density at radius 3 is 0.880 bits per heavy atom. The second kappa shape index (κ2) is 23.6. The molecule has 1 radical (unpaired) electrons. The highest BCUT2D eigenvalue weighted by atomic mass is 14.0. The first-order valence-corrected chi connectivity index (χ1v) is 11.8. The standard InChI is InChI=1S/C25H47/c1-3-5-7-9-11-13-15-17-19-21-23-25-24-22-20-18-16-14-12-10-8-6-4-2/h3,5-25H2,1H3. The summed E-state index contributed by atoms with van der Waals surface area (Å²) in [5.41, 5.74) is 0. The molecule has 0 aromatic rings. The van der Waals surface area contributed by atoms with E-state index in [0.29, 0.717) is 0 Å². The Morgan fingerprint density at radius 1 is 0.400 bits per heavy atom. The molecule has 0 fully saturated rings. The zero-order valence-corrected chi connectivity index (χ0v) is 17.6. The first-order chi connectivity index (χ1) is 12.4. The second-order valence-electron chi connectivity index (χ2n) is 8.00. The molecule has 0 nitrogen and oxygen atoms in total. The smallest absolute Gasteiger partial charge is 0.00989 e. The van der Waals surface area contributed by atoms with Crippen LogP contribution in [0.2, 0.25) is 0 Å². The molecular formula is C25H47. The van der Waals surface area contributed by atoms with Crippen LogP contribution in [-0.2, 0) is 0 Å². The number of rotatable bonds is 21. The molecule has 25 heavy (non-hydrogen) atoms. The fraction of sp³-hybridized carbons (Fsp3) is 0.920.